The van der Waals surface area contributed by atoms with Crippen LogP contribution in [0.15, 0.2) is 24.3 Å². The first kappa shape index (κ1) is 47.0. The van der Waals surface area contributed by atoms with E-state index in [0.717, 1.165) is 10.6 Å². The van der Waals surface area contributed by atoms with E-state index in [2.05, 4.69) is 5.32 Å². The zero-order chi connectivity index (χ0) is 42.6. The smallest absolute Gasteiger partial charge is 0.313 e. The molecule has 1 saturated heterocycles. The van der Waals surface area contributed by atoms with Crippen molar-refractivity contribution >= 4 is 41.9 Å². The van der Waals surface area contributed by atoms with Gasteiger partial charge in [-0.1, -0.05) is 12.1 Å². The fourth-order valence-electron chi connectivity index (χ4n) is 5.08. The predicted molar refractivity (Wildman–Crippen MR) is 206 cm³/mol. The van der Waals surface area contributed by atoms with Gasteiger partial charge >= 0.3 is 23.9 Å². The number of esters is 4. The molecule has 0 radical (unpaired) electrons. The van der Waals surface area contributed by atoms with Crippen LogP contribution in [-0.2, 0) is 52.5 Å². The van der Waals surface area contributed by atoms with Gasteiger partial charge in [0.15, 0.2) is 18.4 Å². The SMILES string of the molecule is CN(C)c1ccc([C@H](C(=O)NC(C)(C)C)N(C=O)[C@@H]2O[C@H](OC(=O)C(C)(C)C)[C@H](COC(=O)C(C)(C)C)[C@H](OC(=O)C(C)(C)C)[C@@H]2OC(=O)C(C)(C)C)cc1. The first-order chi connectivity index (χ1) is 24.8. The van der Waals surface area contributed by atoms with Crippen LogP contribution in [0.3, 0.4) is 0 Å². The highest BCUT2D eigenvalue weighted by Crippen LogP contribution is 2.39. The minimum Gasteiger partial charge on any atom is -0.465 e. The minimum absolute atomic E-state index is 0.372. The van der Waals surface area contributed by atoms with E-state index in [9.17, 15) is 28.8 Å². The molecule has 1 aromatic rings. The summed E-state index contributed by atoms with van der Waals surface area (Å²) in [6.45, 7) is 24.4. The normalized spacial score (nSPS) is 21.4. The Morgan fingerprint density at radius 2 is 1.13 bits per heavy atom. The Balaban J connectivity index is 3.03. The average Bonchev–Trinajstić information content (AvgIpc) is 3.01. The summed E-state index contributed by atoms with van der Waals surface area (Å²) in [5.74, 6) is -4.71. The summed E-state index contributed by atoms with van der Waals surface area (Å²) >= 11 is 0. The third kappa shape index (κ3) is 12.9. The van der Waals surface area contributed by atoms with E-state index >= 15 is 0 Å². The van der Waals surface area contributed by atoms with Gasteiger partial charge in [-0.25, -0.2) is 0 Å². The molecule has 1 aliphatic heterocycles. The summed E-state index contributed by atoms with van der Waals surface area (Å²) in [5.41, 5.74) is -3.78. The molecular weight excluding hydrogens is 710 g/mol. The molecule has 2 rings (SSSR count). The molecule has 0 aromatic heterocycles. The lowest BCUT2D eigenvalue weighted by molar-refractivity contribution is -0.312. The number of carbonyl (C=O) groups excluding carboxylic acids is 6. The Morgan fingerprint density at radius 3 is 1.53 bits per heavy atom. The van der Waals surface area contributed by atoms with Gasteiger partial charge in [0.1, 0.15) is 12.6 Å². The fourth-order valence-corrected chi connectivity index (χ4v) is 5.08. The van der Waals surface area contributed by atoms with E-state index in [1.165, 1.54) is 0 Å². The predicted octanol–water partition coefficient (Wildman–Crippen LogP) is 5.56. The third-order valence-corrected chi connectivity index (χ3v) is 8.40. The maximum absolute atomic E-state index is 14.3. The van der Waals surface area contributed by atoms with Gasteiger partial charge < -0.3 is 33.9 Å². The number of benzene rings is 1. The molecule has 1 heterocycles. The molecule has 1 N–H and O–H groups in total. The van der Waals surface area contributed by atoms with Gasteiger partial charge in [0, 0.05) is 25.3 Å². The summed E-state index contributed by atoms with van der Waals surface area (Å²) < 4.78 is 30.5. The van der Waals surface area contributed by atoms with Crippen molar-refractivity contribution in [3.05, 3.63) is 29.8 Å². The monoisotopic (exact) mass is 775 g/mol. The Labute approximate surface area is 327 Å². The molecule has 0 saturated carbocycles. The lowest BCUT2D eigenvalue weighted by Crippen LogP contribution is -2.66. The minimum atomic E-state index is -1.70. The van der Waals surface area contributed by atoms with E-state index in [1.54, 1.807) is 128 Å². The summed E-state index contributed by atoms with van der Waals surface area (Å²) in [5, 5.41) is 2.93. The van der Waals surface area contributed by atoms with E-state index in [0.29, 0.717) is 12.0 Å². The van der Waals surface area contributed by atoms with Crippen LogP contribution >= 0.6 is 0 Å². The van der Waals surface area contributed by atoms with Gasteiger partial charge in [0.05, 0.1) is 27.6 Å². The van der Waals surface area contributed by atoms with Crippen molar-refractivity contribution in [2.75, 3.05) is 25.6 Å². The second-order valence-corrected chi connectivity index (χ2v) is 19.5. The number of nitrogens with one attached hydrogen (secondary N) is 1. The number of hydrogen-bond acceptors (Lipinski definition) is 12. The summed E-state index contributed by atoms with van der Waals surface area (Å²) in [6.07, 6.45) is -6.13. The lowest BCUT2D eigenvalue weighted by Gasteiger charge is -2.49. The highest BCUT2D eigenvalue weighted by molar-refractivity contribution is 5.86. The quantitative estimate of drug-likeness (QED) is 0.169. The molecule has 1 aliphatic rings. The Morgan fingerprint density at radius 1 is 0.691 bits per heavy atom. The van der Waals surface area contributed by atoms with Crippen molar-refractivity contribution in [1.82, 2.24) is 10.2 Å². The molecule has 0 unspecified atom stereocenters. The molecule has 14 nitrogen and oxygen atoms in total. The average molecular weight is 776 g/mol. The number of nitrogens with zero attached hydrogens (tertiary/aromatic N) is 2. The standard InChI is InChI=1S/C41H65N3O11/c1-37(2,3)33(47)51-22-26-28(52-34(48)38(4,5)6)29(53-35(49)39(7,8)9)31(54-32(26)55-36(50)40(10,11)12)44(23-45)27(30(46)42-41(13,14)15)24-18-20-25(21-19-24)43(16)17/h18-21,23,26-29,31-32H,22H2,1-17H3,(H,42,46)/t26-,27-,28+,29+,31-,32-/m1/s1. The Hall–Kier alpha value is -4.20. The molecule has 1 aromatic carbocycles. The zero-order valence-corrected chi connectivity index (χ0v) is 35.9. The fraction of sp³-hybridized carbons (Fsp3) is 0.707. The van der Waals surface area contributed by atoms with Gasteiger partial charge in [0.25, 0.3) is 0 Å². The molecule has 310 valence electrons. The summed E-state index contributed by atoms with van der Waals surface area (Å²) in [4.78, 5) is 85.0. The molecule has 0 spiro atoms. The van der Waals surface area contributed by atoms with Crippen LogP contribution in [0.25, 0.3) is 0 Å². The van der Waals surface area contributed by atoms with E-state index in [1.807, 2.05) is 19.0 Å². The van der Waals surface area contributed by atoms with Crippen LogP contribution in [0.4, 0.5) is 5.69 Å². The lowest BCUT2D eigenvalue weighted by atomic mass is 9.89. The topological polar surface area (TPSA) is 167 Å². The number of anilines is 1. The van der Waals surface area contributed by atoms with Crippen LogP contribution < -0.4 is 10.2 Å². The van der Waals surface area contributed by atoms with E-state index in [-0.39, 0.29) is 0 Å². The van der Waals surface area contributed by atoms with Crippen molar-refractivity contribution in [1.29, 1.82) is 0 Å². The molecule has 6 atom stereocenters. The van der Waals surface area contributed by atoms with Gasteiger partial charge in [-0.2, -0.15) is 0 Å². The Bertz CT molecular complexity index is 1540. The first-order valence-corrected chi connectivity index (χ1v) is 18.6. The maximum Gasteiger partial charge on any atom is 0.313 e. The van der Waals surface area contributed by atoms with Crippen LogP contribution in [-0.4, -0.2) is 92.1 Å². The van der Waals surface area contributed by atoms with Crippen molar-refractivity contribution < 1.29 is 52.5 Å². The van der Waals surface area contributed by atoms with Crippen LogP contribution in [0.2, 0.25) is 0 Å². The molecule has 2 amide bonds. The molecule has 1 fully saturated rings. The number of ether oxygens (including phenoxy) is 5. The number of amides is 2. The second-order valence-electron chi connectivity index (χ2n) is 19.5. The number of carbonyl (C=O) groups is 6. The number of hydrogen-bond donors (Lipinski definition) is 1. The van der Waals surface area contributed by atoms with Gasteiger partial charge in [-0.05, 0) is 122 Å². The van der Waals surface area contributed by atoms with Crippen molar-refractivity contribution in [2.45, 2.75) is 140 Å². The highest BCUT2D eigenvalue weighted by atomic mass is 16.7. The highest BCUT2D eigenvalue weighted by Gasteiger charge is 2.57. The van der Waals surface area contributed by atoms with Crippen molar-refractivity contribution in [3.63, 3.8) is 0 Å². The van der Waals surface area contributed by atoms with Gasteiger partial charge in [0.2, 0.25) is 18.6 Å². The molecule has 0 bridgehead atoms. The zero-order valence-electron chi connectivity index (χ0n) is 35.9. The molecule has 14 heteroatoms. The van der Waals surface area contributed by atoms with E-state index < -0.39 is 100 Å². The first-order valence-electron chi connectivity index (χ1n) is 18.6. The Kier molecular flexibility index (Phi) is 14.8. The van der Waals surface area contributed by atoms with Crippen LogP contribution in [0.1, 0.15) is 115 Å². The van der Waals surface area contributed by atoms with Crippen molar-refractivity contribution in [3.8, 4) is 0 Å². The summed E-state index contributed by atoms with van der Waals surface area (Å²) in [6, 6.07) is 5.51. The third-order valence-electron chi connectivity index (χ3n) is 8.40. The van der Waals surface area contributed by atoms with Crippen LogP contribution in [0, 0.1) is 27.6 Å². The maximum atomic E-state index is 14.3. The van der Waals surface area contributed by atoms with E-state index in [4.69, 9.17) is 23.7 Å². The molecule has 55 heavy (non-hydrogen) atoms. The van der Waals surface area contributed by atoms with Gasteiger partial charge in [-0.3, -0.25) is 33.7 Å². The second kappa shape index (κ2) is 17.3. The van der Waals surface area contributed by atoms with Crippen LogP contribution in [0.5, 0.6) is 0 Å². The van der Waals surface area contributed by atoms with Crippen molar-refractivity contribution in [2.24, 2.45) is 27.6 Å². The molecular formula is C41H65N3O11. The molecule has 0 aliphatic carbocycles. The number of rotatable bonds is 11. The summed E-state index contributed by atoms with van der Waals surface area (Å²) in [7, 11) is 3.71. The van der Waals surface area contributed by atoms with Gasteiger partial charge in [-0.15, -0.1) is 0 Å². The largest absolute Gasteiger partial charge is 0.465 e.